The zero-order valence-corrected chi connectivity index (χ0v) is 13.5. The topological polar surface area (TPSA) is 82.1 Å². The second-order valence-corrected chi connectivity index (χ2v) is 5.64. The van der Waals surface area contributed by atoms with Crippen LogP contribution in [0.5, 0.6) is 0 Å². The Balaban J connectivity index is 1.73. The molecule has 1 N–H and O–H groups in total. The third-order valence-corrected chi connectivity index (χ3v) is 3.51. The molecule has 0 unspecified atom stereocenters. The SMILES string of the molecule is CC(C)n1nccc1NC(=O)c1ccc(Cn2ccccc2=O)o1. The molecule has 3 heterocycles. The summed E-state index contributed by atoms with van der Waals surface area (Å²) < 4.78 is 8.77. The van der Waals surface area contributed by atoms with Gasteiger partial charge in [-0.05, 0) is 32.0 Å². The van der Waals surface area contributed by atoms with Crippen molar-refractivity contribution in [2.45, 2.75) is 26.4 Å². The Bertz CT molecular complexity index is 904. The van der Waals surface area contributed by atoms with Gasteiger partial charge in [0.25, 0.3) is 11.5 Å². The number of amides is 1. The number of nitrogens with one attached hydrogen (secondary N) is 1. The molecular weight excluding hydrogens is 308 g/mol. The highest BCUT2D eigenvalue weighted by Crippen LogP contribution is 2.16. The van der Waals surface area contributed by atoms with E-state index in [0.717, 1.165) is 0 Å². The van der Waals surface area contributed by atoms with E-state index < -0.39 is 0 Å². The van der Waals surface area contributed by atoms with E-state index in [1.165, 1.54) is 10.6 Å². The monoisotopic (exact) mass is 326 g/mol. The lowest BCUT2D eigenvalue weighted by Crippen LogP contribution is -2.18. The van der Waals surface area contributed by atoms with E-state index in [9.17, 15) is 9.59 Å². The Morgan fingerprint density at radius 1 is 1.25 bits per heavy atom. The van der Waals surface area contributed by atoms with Crippen molar-refractivity contribution in [3.63, 3.8) is 0 Å². The summed E-state index contributed by atoms with van der Waals surface area (Å²) in [7, 11) is 0. The lowest BCUT2D eigenvalue weighted by Gasteiger charge is -2.10. The lowest BCUT2D eigenvalue weighted by atomic mass is 10.3. The van der Waals surface area contributed by atoms with E-state index in [-0.39, 0.29) is 29.8 Å². The van der Waals surface area contributed by atoms with Crippen LogP contribution in [-0.2, 0) is 6.54 Å². The number of carbonyl (C=O) groups is 1. The fourth-order valence-corrected chi connectivity index (χ4v) is 2.35. The minimum absolute atomic E-state index is 0.124. The number of carbonyl (C=O) groups excluding carboxylic acids is 1. The lowest BCUT2D eigenvalue weighted by molar-refractivity contribution is 0.0993. The van der Waals surface area contributed by atoms with Crippen molar-refractivity contribution in [3.8, 4) is 0 Å². The molecule has 0 radical (unpaired) electrons. The molecule has 0 aliphatic rings. The van der Waals surface area contributed by atoms with Crippen LogP contribution in [0.4, 0.5) is 5.82 Å². The summed E-state index contributed by atoms with van der Waals surface area (Å²) >= 11 is 0. The average Bonchev–Trinajstić information content (AvgIpc) is 3.19. The maximum Gasteiger partial charge on any atom is 0.292 e. The highest BCUT2D eigenvalue weighted by atomic mass is 16.4. The van der Waals surface area contributed by atoms with Gasteiger partial charge < -0.3 is 14.3 Å². The Kier molecular flexibility index (Phi) is 4.33. The number of rotatable bonds is 5. The van der Waals surface area contributed by atoms with Crippen molar-refractivity contribution in [2.75, 3.05) is 5.32 Å². The Morgan fingerprint density at radius 3 is 2.83 bits per heavy atom. The second-order valence-electron chi connectivity index (χ2n) is 5.64. The van der Waals surface area contributed by atoms with Crippen LogP contribution >= 0.6 is 0 Å². The zero-order valence-electron chi connectivity index (χ0n) is 13.5. The molecule has 0 aliphatic carbocycles. The number of hydrogen-bond acceptors (Lipinski definition) is 4. The second kappa shape index (κ2) is 6.57. The first-order chi connectivity index (χ1) is 11.5. The van der Waals surface area contributed by atoms with E-state index in [2.05, 4.69) is 10.4 Å². The van der Waals surface area contributed by atoms with Gasteiger partial charge in [-0.1, -0.05) is 6.07 Å². The predicted molar refractivity (Wildman–Crippen MR) is 89.1 cm³/mol. The number of pyridine rings is 1. The van der Waals surface area contributed by atoms with Gasteiger partial charge in [-0.15, -0.1) is 0 Å². The summed E-state index contributed by atoms with van der Waals surface area (Å²) in [6.45, 7) is 4.23. The summed E-state index contributed by atoms with van der Waals surface area (Å²) in [6.07, 6.45) is 3.30. The van der Waals surface area contributed by atoms with Crippen molar-refractivity contribution in [2.24, 2.45) is 0 Å². The highest BCUT2D eigenvalue weighted by molar-refractivity contribution is 6.01. The van der Waals surface area contributed by atoms with E-state index >= 15 is 0 Å². The smallest absolute Gasteiger partial charge is 0.292 e. The largest absolute Gasteiger partial charge is 0.454 e. The standard InChI is InChI=1S/C17H18N4O3/c1-12(2)21-15(8-9-18-21)19-17(23)14-7-6-13(24-14)11-20-10-4-3-5-16(20)22/h3-10,12H,11H2,1-2H3,(H,19,23). The molecule has 0 aromatic carbocycles. The molecule has 124 valence electrons. The number of anilines is 1. The molecule has 0 spiro atoms. The fourth-order valence-electron chi connectivity index (χ4n) is 2.35. The molecule has 0 saturated heterocycles. The quantitative estimate of drug-likeness (QED) is 0.781. The molecule has 7 nitrogen and oxygen atoms in total. The Labute approximate surface area is 138 Å². The zero-order chi connectivity index (χ0) is 17.1. The van der Waals surface area contributed by atoms with Crippen LogP contribution in [-0.4, -0.2) is 20.3 Å². The van der Waals surface area contributed by atoms with Crippen molar-refractivity contribution in [1.29, 1.82) is 0 Å². The van der Waals surface area contributed by atoms with Crippen LogP contribution in [0.15, 0.2) is 58.0 Å². The van der Waals surface area contributed by atoms with E-state index in [1.807, 2.05) is 13.8 Å². The number of furan rings is 1. The van der Waals surface area contributed by atoms with E-state index in [1.54, 1.807) is 47.4 Å². The third kappa shape index (κ3) is 3.29. The van der Waals surface area contributed by atoms with Crippen LogP contribution in [0.25, 0.3) is 0 Å². The number of aromatic nitrogens is 3. The maximum atomic E-state index is 12.3. The minimum atomic E-state index is -0.357. The van der Waals surface area contributed by atoms with Crippen molar-refractivity contribution >= 4 is 11.7 Å². The van der Waals surface area contributed by atoms with Gasteiger partial charge in [-0.3, -0.25) is 9.59 Å². The number of nitrogens with zero attached hydrogens (tertiary/aromatic N) is 3. The molecule has 3 rings (SSSR count). The van der Waals surface area contributed by atoms with Gasteiger partial charge in [0.1, 0.15) is 11.6 Å². The summed E-state index contributed by atoms with van der Waals surface area (Å²) in [5.41, 5.74) is -0.124. The van der Waals surface area contributed by atoms with Crippen molar-refractivity contribution in [1.82, 2.24) is 14.3 Å². The summed E-state index contributed by atoms with van der Waals surface area (Å²) in [4.78, 5) is 24.0. The van der Waals surface area contributed by atoms with Gasteiger partial charge in [-0.2, -0.15) is 5.10 Å². The van der Waals surface area contributed by atoms with Gasteiger partial charge in [-0.25, -0.2) is 4.68 Å². The van der Waals surface area contributed by atoms with Gasteiger partial charge in [0.2, 0.25) is 0 Å². The normalized spacial score (nSPS) is 11.0. The first-order valence-corrected chi connectivity index (χ1v) is 7.63. The number of hydrogen-bond donors (Lipinski definition) is 1. The van der Waals surface area contributed by atoms with E-state index in [0.29, 0.717) is 11.6 Å². The van der Waals surface area contributed by atoms with Crippen LogP contribution in [0.3, 0.4) is 0 Å². The van der Waals surface area contributed by atoms with Crippen LogP contribution in [0.1, 0.15) is 36.2 Å². The predicted octanol–water partition coefficient (Wildman–Crippen LogP) is 2.52. The molecule has 0 bridgehead atoms. The van der Waals surface area contributed by atoms with Gasteiger partial charge in [0.15, 0.2) is 5.76 Å². The van der Waals surface area contributed by atoms with Gasteiger partial charge in [0.05, 0.1) is 12.7 Å². The Morgan fingerprint density at radius 2 is 2.08 bits per heavy atom. The van der Waals surface area contributed by atoms with Gasteiger partial charge in [0, 0.05) is 24.4 Å². The van der Waals surface area contributed by atoms with Crippen LogP contribution < -0.4 is 10.9 Å². The summed E-state index contributed by atoms with van der Waals surface area (Å²) in [5, 5.41) is 6.94. The maximum absolute atomic E-state index is 12.3. The molecule has 3 aromatic heterocycles. The summed E-state index contributed by atoms with van der Waals surface area (Å²) in [5.74, 6) is 0.965. The average molecular weight is 326 g/mol. The van der Waals surface area contributed by atoms with E-state index in [4.69, 9.17) is 4.42 Å². The first-order valence-electron chi connectivity index (χ1n) is 7.63. The molecular formula is C17H18N4O3. The molecule has 0 atom stereocenters. The van der Waals surface area contributed by atoms with Crippen molar-refractivity contribution < 1.29 is 9.21 Å². The molecule has 3 aromatic rings. The Hall–Kier alpha value is -3.09. The van der Waals surface area contributed by atoms with Crippen LogP contribution in [0.2, 0.25) is 0 Å². The fraction of sp³-hybridized carbons (Fsp3) is 0.235. The first kappa shape index (κ1) is 15.8. The van der Waals surface area contributed by atoms with Crippen molar-refractivity contribution in [3.05, 3.63) is 70.7 Å². The highest BCUT2D eigenvalue weighted by Gasteiger charge is 2.15. The molecule has 1 amide bonds. The third-order valence-electron chi connectivity index (χ3n) is 3.51. The molecule has 7 heteroatoms. The van der Waals surface area contributed by atoms with Crippen LogP contribution in [0, 0.1) is 0 Å². The molecule has 0 saturated carbocycles. The van der Waals surface area contributed by atoms with Gasteiger partial charge >= 0.3 is 0 Å². The molecule has 0 aliphatic heterocycles. The minimum Gasteiger partial charge on any atom is -0.454 e. The molecule has 24 heavy (non-hydrogen) atoms. The molecule has 0 fully saturated rings. The summed E-state index contributed by atoms with van der Waals surface area (Å²) in [6, 6.07) is 10.1.